The van der Waals surface area contributed by atoms with Gasteiger partial charge in [0.25, 0.3) is 5.91 Å². The molecule has 2 aliphatic heterocycles. The summed E-state index contributed by atoms with van der Waals surface area (Å²) in [7, 11) is -3.10. The van der Waals surface area contributed by atoms with Crippen molar-refractivity contribution in [3.05, 3.63) is 29.8 Å². The Balaban J connectivity index is 1.54. The lowest BCUT2D eigenvalue weighted by atomic mass is 10.2. The second-order valence-electron chi connectivity index (χ2n) is 6.85. The van der Waals surface area contributed by atoms with Crippen molar-refractivity contribution >= 4 is 33.3 Å². The number of carbonyl (C=O) groups is 3. The molecule has 8 nitrogen and oxygen atoms in total. The molecule has 1 aromatic carbocycles. The Hall–Kier alpha value is -2.42. The van der Waals surface area contributed by atoms with Gasteiger partial charge in [0.2, 0.25) is 5.91 Å². The number of carbonyl (C=O) groups excluding carboxylic acids is 3. The first-order valence-electron chi connectivity index (χ1n) is 8.87. The van der Waals surface area contributed by atoms with Crippen molar-refractivity contribution in [2.75, 3.05) is 23.0 Å². The molecule has 0 bridgehead atoms. The van der Waals surface area contributed by atoms with Crippen molar-refractivity contribution in [3.63, 3.8) is 0 Å². The standard InChI is InChI=1S/C18H22N2O6S/c1-12(17(22)19-14-8-10-27(24,25)11-14)26-18(23)13-4-6-15(7-5-13)20-9-2-3-16(20)21/h4-7,12,14H,2-3,8-11H2,1H3,(H,19,22)/t12-,14-/m0/s1. The van der Waals surface area contributed by atoms with Crippen molar-refractivity contribution < 1.29 is 27.5 Å². The number of sulfone groups is 1. The maximum absolute atomic E-state index is 12.2. The van der Waals surface area contributed by atoms with Crippen molar-refractivity contribution in [3.8, 4) is 0 Å². The van der Waals surface area contributed by atoms with Gasteiger partial charge in [0.05, 0.1) is 17.1 Å². The maximum atomic E-state index is 12.2. The monoisotopic (exact) mass is 394 g/mol. The Kier molecular flexibility index (Phi) is 5.50. The fourth-order valence-electron chi connectivity index (χ4n) is 3.21. The molecule has 0 aromatic heterocycles. The van der Waals surface area contributed by atoms with Crippen LogP contribution in [0.25, 0.3) is 0 Å². The summed E-state index contributed by atoms with van der Waals surface area (Å²) in [6.45, 7) is 2.10. The van der Waals surface area contributed by atoms with Crippen LogP contribution in [-0.4, -0.2) is 56.4 Å². The minimum absolute atomic E-state index is 0.0536. The number of ether oxygens (including phenoxy) is 1. The Labute approximate surface area is 157 Å². The van der Waals surface area contributed by atoms with E-state index in [1.807, 2.05) is 0 Å². The molecule has 3 rings (SSSR count). The molecule has 146 valence electrons. The van der Waals surface area contributed by atoms with Gasteiger partial charge in [-0.3, -0.25) is 9.59 Å². The van der Waals surface area contributed by atoms with Gasteiger partial charge in [0.15, 0.2) is 15.9 Å². The van der Waals surface area contributed by atoms with Crippen LogP contribution in [0.2, 0.25) is 0 Å². The van der Waals surface area contributed by atoms with Crippen LogP contribution in [0.4, 0.5) is 5.69 Å². The number of amides is 2. The highest BCUT2D eigenvalue weighted by Crippen LogP contribution is 2.22. The summed E-state index contributed by atoms with van der Waals surface area (Å²) in [5, 5.41) is 2.60. The minimum Gasteiger partial charge on any atom is -0.449 e. The van der Waals surface area contributed by atoms with Crippen LogP contribution in [-0.2, 0) is 24.2 Å². The Morgan fingerprint density at radius 1 is 1.26 bits per heavy atom. The quantitative estimate of drug-likeness (QED) is 0.735. The van der Waals surface area contributed by atoms with Gasteiger partial charge >= 0.3 is 5.97 Å². The number of benzene rings is 1. The van der Waals surface area contributed by atoms with Crippen LogP contribution < -0.4 is 10.2 Å². The zero-order chi connectivity index (χ0) is 19.6. The van der Waals surface area contributed by atoms with E-state index in [-0.39, 0.29) is 23.0 Å². The number of nitrogens with one attached hydrogen (secondary N) is 1. The molecule has 9 heteroatoms. The summed E-state index contributed by atoms with van der Waals surface area (Å²) in [5.74, 6) is -1.15. The average molecular weight is 394 g/mol. The van der Waals surface area contributed by atoms with Gasteiger partial charge in [0.1, 0.15) is 0 Å². The van der Waals surface area contributed by atoms with E-state index in [0.717, 1.165) is 12.1 Å². The normalized spacial score (nSPS) is 22.5. The van der Waals surface area contributed by atoms with Gasteiger partial charge in [-0.2, -0.15) is 0 Å². The molecule has 2 heterocycles. The first kappa shape index (κ1) is 19.3. The van der Waals surface area contributed by atoms with E-state index in [9.17, 15) is 22.8 Å². The Bertz CT molecular complexity index is 849. The molecular weight excluding hydrogens is 372 g/mol. The summed E-state index contributed by atoms with van der Waals surface area (Å²) in [6, 6.07) is 6.01. The number of nitrogens with zero attached hydrogens (tertiary/aromatic N) is 1. The second-order valence-corrected chi connectivity index (χ2v) is 9.08. The lowest BCUT2D eigenvalue weighted by Gasteiger charge is -2.17. The fourth-order valence-corrected chi connectivity index (χ4v) is 4.88. The predicted molar refractivity (Wildman–Crippen MR) is 98.1 cm³/mol. The second kappa shape index (κ2) is 7.67. The summed E-state index contributed by atoms with van der Waals surface area (Å²) in [5.41, 5.74) is 0.996. The first-order valence-corrected chi connectivity index (χ1v) is 10.7. The van der Waals surface area contributed by atoms with E-state index in [4.69, 9.17) is 4.74 Å². The molecule has 27 heavy (non-hydrogen) atoms. The number of hydrogen-bond donors (Lipinski definition) is 1. The highest BCUT2D eigenvalue weighted by Gasteiger charge is 2.31. The molecule has 2 fully saturated rings. The maximum Gasteiger partial charge on any atom is 0.338 e. The number of anilines is 1. The molecule has 2 aliphatic rings. The minimum atomic E-state index is -3.10. The largest absolute Gasteiger partial charge is 0.449 e. The van der Waals surface area contributed by atoms with Crippen molar-refractivity contribution in [2.45, 2.75) is 38.3 Å². The van der Waals surface area contributed by atoms with Crippen LogP contribution in [0.5, 0.6) is 0 Å². The van der Waals surface area contributed by atoms with Gasteiger partial charge in [0, 0.05) is 24.7 Å². The zero-order valence-electron chi connectivity index (χ0n) is 15.0. The van der Waals surface area contributed by atoms with E-state index < -0.39 is 33.9 Å². The molecule has 2 saturated heterocycles. The lowest BCUT2D eigenvalue weighted by molar-refractivity contribution is -0.129. The molecule has 0 spiro atoms. The van der Waals surface area contributed by atoms with Gasteiger partial charge in [-0.15, -0.1) is 0 Å². The summed E-state index contributed by atoms with van der Waals surface area (Å²) >= 11 is 0. The van der Waals surface area contributed by atoms with Crippen LogP contribution in [0.1, 0.15) is 36.5 Å². The molecule has 2 amide bonds. The van der Waals surface area contributed by atoms with Crippen LogP contribution in [0.15, 0.2) is 24.3 Å². The van der Waals surface area contributed by atoms with Crippen LogP contribution in [0, 0.1) is 0 Å². The summed E-state index contributed by atoms with van der Waals surface area (Å²) in [6.07, 6.45) is 0.669. The van der Waals surface area contributed by atoms with E-state index in [0.29, 0.717) is 19.4 Å². The Morgan fingerprint density at radius 2 is 1.96 bits per heavy atom. The molecular formula is C18H22N2O6S. The first-order chi connectivity index (χ1) is 12.7. The molecule has 1 N–H and O–H groups in total. The number of esters is 1. The molecule has 0 unspecified atom stereocenters. The highest BCUT2D eigenvalue weighted by molar-refractivity contribution is 7.91. The molecule has 0 saturated carbocycles. The van der Waals surface area contributed by atoms with Crippen molar-refractivity contribution in [2.24, 2.45) is 0 Å². The van der Waals surface area contributed by atoms with E-state index >= 15 is 0 Å². The molecule has 0 radical (unpaired) electrons. The highest BCUT2D eigenvalue weighted by atomic mass is 32.2. The van der Waals surface area contributed by atoms with Gasteiger partial charge in [-0.25, -0.2) is 13.2 Å². The van der Waals surface area contributed by atoms with Gasteiger partial charge < -0.3 is 15.0 Å². The topological polar surface area (TPSA) is 110 Å². The molecule has 2 atom stereocenters. The van der Waals surface area contributed by atoms with E-state index in [2.05, 4.69) is 5.32 Å². The SMILES string of the molecule is C[C@H](OC(=O)c1ccc(N2CCCC2=O)cc1)C(=O)N[C@H]1CCS(=O)(=O)C1. The molecule has 1 aromatic rings. The zero-order valence-corrected chi connectivity index (χ0v) is 15.8. The summed E-state index contributed by atoms with van der Waals surface area (Å²) < 4.78 is 28.0. The third-order valence-electron chi connectivity index (χ3n) is 4.72. The van der Waals surface area contributed by atoms with Crippen molar-refractivity contribution in [1.29, 1.82) is 0 Å². The number of hydrogen-bond acceptors (Lipinski definition) is 6. The Morgan fingerprint density at radius 3 is 2.52 bits per heavy atom. The fraction of sp³-hybridized carbons (Fsp3) is 0.500. The third-order valence-corrected chi connectivity index (χ3v) is 6.49. The van der Waals surface area contributed by atoms with Crippen molar-refractivity contribution in [1.82, 2.24) is 5.32 Å². The molecule has 0 aliphatic carbocycles. The van der Waals surface area contributed by atoms with E-state index in [1.54, 1.807) is 29.2 Å². The predicted octanol–water partition coefficient (Wildman–Crippen LogP) is 0.662. The number of rotatable bonds is 5. The third kappa shape index (κ3) is 4.65. The van der Waals surface area contributed by atoms with Crippen LogP contribution in [0.3, 0.4) is 0 Å². The van der Waals surface area contributed by atoms with Gasteiger partial charge in [-0.05, 0) is 44.0 Å². The van der Waals surface area contributed by atoms with Crippen LogP contribution >= 0.6 is 0 Å². The van der Waals surface area contributed by atoms with Gasteiger partial charge in [-0.1, -0.05) is 0 Å². The summed E-state index contributed by atoms with van der Waals surface area (Å²) in [4.78, 5) is 37.7. The lowest BCUT2D eigenvalue weighted by Crippen LogP contribution is -2.42. The van der Waals surface area contributed by atoms with E-state index in [1.165, 1.54) is 6.92 Å². The smallest absolute Gasteiger partial charge is 0.338 e. The average Bonchev–Trinajstić information content (AvgIpc) is 3.19.